The van der Waals surface area contributed by atoms with Crippen molar-refractivity contribution in [1.82, 2.24) is 0 Å². The fraction of sp³-hybridized carbons (Fsp3) is 0.552. The van der Waals surface area contributed by atoms with Gasteiger partial charge in [-0.25, -0.2) is 0 Å². The monoisotopic (exact) mass is 461 g/mol. The Morgan fingerprint density at radius 3 is 2.31 bits per heavy atom. The van der Waals surface area contributed by atoms with Gasteiger partial charge in [-0.2, -0.15) is 5.26 Å². The van der Waals surface area contributed by atoms with Gasteiger partial charge in [0.1, 0.15) is 0 Å². The molecule has 0 amide bonds. The Bertz CT molecular complexity index is 1040. The van der Waals surface area contributed by atoms with E-state index in [1.807, 2.05) is 23.5 Å². The molecule has 0 unspecified atom stereocenters. The van der Waals surface area contributed by atoms with Gasteiger partial charge in [-0.05, 0) is 67.3 Å². The first-order valence-corrected chi connectivity index (χ1v) is 14.4. The minimum atomic E-state index is 0.450. The van der Waals surface area contributed by atoms with Crippen LogP contribution in [0.25, 0.3) is 19.8 Å². The van der Waals surface area contributed by atoms with Crippen LogP contribution in [0.15, 0.2) is 36.4 Å². The van der Waals surface area contributed by atoms with Crippen molar-refractivity contribution in [1.29, 1.82) is 5.26 Å². The molecule has 32 heavy (non-hydrogen) atoms. The molecule has 168 valence electrons. The predicted octanol–water partition coefficient (Wildman–Crippen LogP) is 9.70. The minimum absolute atomic E-state index is 0.450. The number of unbranched alkanes of at least 4 members (excludes halogenated alkanes) is 1. The maximum absolute atomic E-state index is 9.07. The summed E-state index contributed by atoms with van der Waals surface area (Å²) in [5.74, 6) is 1.89. The molecule has 1 nitrogen and oxygen atoms in total. The average molecular weight is 462 g/mol. The molecule has 2 heterocycles. The van der Waals surface area contributed by atoms with Crippen molar-refractivity contribution in [3.05, 3.63) is 46.8 Å². The van der Waals surface area contributed by atoms with E-state index in [0.29, 0.717) is 5.41 Å². The van der Waals surface area contributed by atoms with E-state index in [1.54, 1.807) is 4.88 Å². The van der Waals surface area contributed by atoms with E-state index in [4.69, 9.17) is 5.26 Å². The zero-order valence-electron chi connectivity index (χ0n) is 19.4. The molecule has 0 atom stereocenters. The molecular formula is C29H35NS2. The summed E-state index contributed by atoms with van der Waals surface area (Å²) in [7, 11) is 0. The maximum Gasteiger partial charge on any atom is 0.0991 e. The predicted molar refractivity (Wildman–Crippen MR) is 140 cm³/mol. The van der Waals surface area contributed by atoms with Crippen molar-refractivity contribution < 1.29 is 0 Å². The van der Waals surface area contributed by atoms with Gasteiger partial charge in [0.15, 0.2) is 0 Å². The van der Waals surface area contributed by atoms with Crippen LogP contribution in [0.2, 0.25) is 0 Å². The molecule has 0 radical (unpaired) electrons. The van der Waals surface area contributed by atoms with Crippen LogP contribution in [0.5, 0.6) is 0 Å². The smallest absolute Gasteiger partial charge is 0.0991 e. The zero-order valence-corrected chi connectivity index (χ0v) is 21.0. The Balaban J connectivity index is 1.39. The van der Waals surface area contributed by atoms with E-state index >= 15 is 0 Å². The highest BCUT2D eigenvalue weighted by atomic mass is 32.1. The summed E-state index contributed by atoms with van der Waals surface area (Å²) < 4.78 is 2.93. The number of fused-ring (bicyclic) bond motifs is 1. The van der Waals surface area contributed by atoms with Crippen LogP contribution in [-0.2, 0) is 5.41 Å². The third-order valence-corrected chi connectivity index (χ3v) is 10.9. The second-order valence-electron chi connectivity index (χ2n) is 10.2. The molecule has 2 aromatic heterocycles. The molecule has 0 aliphatic heterocycles. The van der Waals surface area contributed by atoms with E-state index in [2.05, 4.69) is 48.6 Å². The van der Waals surface area contributed by atoms with E-state index in [1.165, 1.54) is 96.9 Å². The van der Waals surface area contributed by atoms with Gasteiger partial charge in [0, 0.05) is 24.6 Å². The Morgan fingerprint density at radius 1 is 0.938 bits per heavy atom. The second-order valence-corrected chi connectivity index (χ2v) is 12.4. The summed E-state index contributed by atoms with van der Waals surface area (Å²) in [4.78, 5) is 3.03. The van der Waals surface area contributed by atoms with Gasteiger partial charge in [0.2, 0.25) is 0 Å². The zero-order chi connectivity index (χ0) is 22.0. The van der Waals surface area contributed by atoms with Crippen molar-refractivity contribution >= 4 is 32.1 Å². The number of benzene rings is 1. The number of nitriles is 1. The van der Waals surface area contributed by atoms with E-state index < -0.39 is 0 Å². The van der Waals surface area contributed by atoms with Gasteiger partial charge in [-0.3, -0.25) is 0 Å². The number of hydrogen-bond donors (Lipinski definition) is 0. The van der Waals surface area contributed by atoms with Crippen LogP contribution >= 0.6 is 22.7 Å². The van der Waals surface area contributed by atoms with Crippen LogP contribution in [0.1, 0.15) is 94.4 Å². The fourth-order valence-electron chi connectivity index (χ4n) is 6.47. The molecule has 2 aliphatic rings. The van der Waals surface area contributed by atoms with E-state index in [9.17, 15) is 0 Å². The summed E-state index contributed by atoms with van der Waals surface area (Å²) in [6, 6.07) is 15.2. The normalized spacial score (nSPS) is 23.2. The Labute approximate surface area is 201 Å². The highest BCUT2D eigenvalue weighted by Gasteiger charge is 2.43. The summed E-state index contributed by atoms with van der Waals surface area (Å²) in [6.07, 6.45) is 17.1. The Morgan fingerprint density at radius 2 is 1.66 bits per heavy atom. The first kappa shape index (κ1) is 22.2. The largest absolute Gasteiger partial charge is 0.192 e. The lowest BCUT2D eigenvalue weighted by Gasteiger charge is -2.46. The van der Waals surface area contributed by atoms with Crippen molar-refractivity contribution in [2.75, 3.05) is 0 Å². The second kappa shape index (κ2) is 9.70. The van der Waals surface area contributed by atoms with Crippen LogP contribution in [0.3, 0.4) is 0 Å². The quantitative estimate of drug-likeness (QED) is 0.358. The third-order valence-electron chi connectivity index (χ3n) is 8.34. The summed E-state index contributed by atoms with van der Waals surface area (Å²) >= 11 is 4.02. The van der Waals surface area contributed by atoms with Crippen LogP contribution in [-0.4, -0.2) is 0 Å². The lowest BCUT2D eigenvalue weighted by atomic mass is 9.60. The van der Waals surface area contributed by atoms with Crippen LogP contribution < -0.4 is 0 Å². The maximum atomic E-state index is 9.07. The fourth-order valence-corrected chi connectivity index (χ4v) is 9.19. The molecule has 0 saturated heterocycles. The highest BCUT2D eigenvalue weighted by molar-refractivity contribution is 7.29. The summed E-state index contributed by atoms with van der Waals surface area (Å²) in [6.45, 7) is 2.33. The topological polar surface area (TPSA) is 23.8 Å². The standard InChI is InChI=1S/C29H35NS2/c1-2-3-7-21-10-14-24(15-11-21)29(16-5-4-6-17-29)28-19-27-26(32-28)18-25(31-27)23-12-8-22(20-30)9-13-23/h8-9,12-13,18-19,21,24H,2-7,10-11,14-17H2,1H3. The first-order valence-electron chi connectivity index (χ1n) is 12.8. The summed E-state index contributed by atoms with van der Waals surface area (Å²) in [5.41, 5.74) is 2.42. The van der Waals surface area contributed by atoms with Crippen molar-refractivity contribution in [2.24, 2.45) is 11.8 Å². The van der Waals surface area contributed by atoms with Crippen molar-refractivity contribution in [2.45, 2.75) is 89.4 Å². The van der Waals surface area contributed by atoms with Gasteiger partial charge in [-0.15, -0.1) is 22.7 Å². The molecule has 2 fully saturated rings. The molecule has 0 spiro atoms. The average Bonchev–Trinajstić information content (AvgIpc) is 3.44. The highest BCUT2D eigenvalue weighted by Crippen LogP contribution is 2.54. The van der Waals surface area contributed by atoms with Crippen LogP contribution in [0, 0.1) is 23.2 Å². The lowest BCUT2D eigenvalue weighted by molar-refractivity contribution is 0.127. The minimum Gasteiger partial charge on any atom is -0.192 e. The van der Waals surface area contributed by atoms with Gasteiger partial charge in [0.05, 0.1) is 11.6 Å². The molecular weight excluding hydrogens is 426 g/mol. The van der Waals surface area contributed by atoms with Crippen molar-refractivity contribution in [3.63, 3.8) is 0 Å². The molecule has 0 bridgehead atoms. The number of thiophene rings is 2. The molecule has 3 aromatic rings. The SMILES string of the molecule is CCCCC1CCC(C2(c3cc4sc(-c5ccc(C#N)cc5)cc4s3)CCCCC2)CC1. The molecule has 1 aromatic carbocycles. The Kier molecular flexibility index (Phi) is 6.72. The molecule has 0 N–H and O–H groups in total. The molecule has 2 saturated carbocycles. The number of nitrogens with zero attached hydrogens (tertiary/aromatic N) is 1. The molecule has 2 aliphatic carbocycles. The summed E-state index contributed by atoms with van der Waals surface area (Å²) in [5, 5.41) is 9.07. The van der Waals surface area contributed by atoms with Gasteiger partial charge >= 0.3 is 0 Å². The molecule has 3 heteroatoms. The van der Waals surface area contributed by atoms with Gasteiger partial charge in [0.25, 0.3) is 0 Å². The number of rotatable bonds is 6. The lowest BCUT2D eigenvalue weighted by Crippen LogP contribution is -2.38. The molecule has 5 rings (SSSR count). The first-order chi connectivity index (χ1) is 15.7. The number of hydrogen-bond acceptors (Lipinski definition) is 3. The van der Waals surface area contributed by atoms with Gasteiger partial charge in [-0.1, -0.05) is 70.4 Å². The van der Waals surface area contributed by atoms with E-state index in [-0.39, 0.29) is 0 Å². The van der Waals surface area contributed by atoms with E-state index in [0.717, 1.165) is 17.4 Å². The third kappa shape index (κ3) is 4.29. The van der Waals surface area contributed by atoms with Crippen molar-refractivity contribution in [3.8, 4) is 16.5 Å². The Hall–Kier alpha value is -1.63. The van der Waals surface area contributed by atoms with Gasteiger partial charge < -0.3 is 0 Å². The van der Waals surface area contributed by atoms with Crippen LogP contribution in [0.4, 0.5) is 0 Å².